The summed E-state index contributed by atoms with van der Waals surface area (Å²) in [5.74, 6) is 0.0466. The number of ether oxygens (including phenoxy) is 1. The molecule has 94 valence electrons. The third-order valence-electron chi connectivity index (χ3n) is 2.40. The molecule has 0 saturated heterocycles. The molecule has 0 aromatic heterocycles. The zero-order chi connectivity index (χ0) is 12.8. The summed E-state index contributed by atoms with van der Waals surface area (Å²) < 4.78 is 6.38. The van der Waals surface area contributed by atoms with E-state index < -0.39 is 0 Å². The van der Waals surface area contributed by atoms with Gasteiger partial charge in [0.25, 0.3) is 0 Å². The molecule has 5 heteroatoms. The average Bonchev–Trinajstić information content (AvgIpc) is 2.27. The van der Waals surface area contributed by atoms with Crippen molar-refractivity contribution in [1.82, 2.24) is 0 Å². The molecule has 0 saturated carbocycles. The Balaban J connectivity index is 2.63. The number of nitrogens with two attached hydrogens (primary N) is 2. The molecular weight excluding hydrogens is 284 g/mol. The lowest BCUT2D eigenvalue weighted by Crippen LogP contribution is -2.25. The van der Waals surface area contributed by atoms with Crippen molar-refractivity contribution in [1.29, 1.82) is 0 Å². The second-order valence-corrected chi connectivity index (χ2v) is 4.77. The zero-order valence-electron chi connectivity index (χ0n) is 9.78. The van der Waals surface area contributed by atoms with Gasteiger partial charge in [0.15, 0.2) is 0 Å². The van der Waals surface area contributed by atoms with E-state index in [4.69, 9.17) is 16.2 Å². The fourth-order valence-corrected chi connectivity index (χ4v) is 1.82. The first-order valence-corrected chi connectivity index (χ1v) is 6.24. The molecule has 0 spiro atoms. The number of primary amides is 1. The van der Waals surface area contributed by atoms with Gasteiger partial charge < -0.3 is 16.2 Å². The molecule has 0 aliphatic rings. The first-order valence-electron chi connectivity index (χ1n) is 5.45. The van der Waals surface area contributed by atoms with Crippen LogP contribution in [0.4, 0.5) is 0 Å². The summed E-state index contributed by atoms with van der Waals surface area (Å²) in [6.45, 7) is 2.63. The topological polar surface area (TPSA) is 78.3 Å². The van der Waals surface area contributed by atoms with Crippen LogP contribution in [-0.2, 0) is 11.2 Å². The molecule has 1 rings (SSSR count). The zero-order valence-corrected chi connectivity index (χ0v) is 11.4. The minimum atomic E-state index is -0.360. The Morgan fingerprint density at radius 2 is 2.24 bits per heavy atom. The van der Waals surface area contributed by atoms with Gasteiger partial charge in [0, 0.05) is 0 Å². The number of hydrogen-bond donors (Lipinski definition) is 2. The Morgan fingerprint density at radius 1 is 1.53 bits per heavy atom. The highest BCUT2D eigenvalue weighted by Crippen LogP contribution is 2.26. The quantitative estimate of drug-likeness (QED) is 0.834. The number of carbonyl (C=O) groups is 1. The van der Waals surface area contributed by atoms with Crippen molar-refractivity contribution in [2.24, 2.45) is 17.4 Å². The van der Waals surface area contributed by atoms with E-state index in [-0.39, 0.29) is 18.4 Å². The van der Waals surface area contributed by atoms with E-state index in [0.717, 1.165) is 16.5 Å². The van der Waals surface area contributed by atoms with Crippen molar-refractivity contribution in [3.05, 3.63) is 28.2 Å². The SMILES string of the molecule is CC(COc1ccc(CCN)cc1Br)C(N)=O. The van der Waals surface area contributed by atoms with Gasteiger partial charge in [-0.05, 0) is 46.6 Å². The molecule has 1 unspecified atom stereocenters. The lowest BCUT2D eigenvalue weighted by molar-refractivity contribution is -0.122. The van der Waals surface area contributed by atoms with Crippen LogP contribution in [0.3, 0.4) is 0 Å². The largest absolute Gasteiger partial charge is 0.492 e. The molecule has 0 heterocycles. The Kier molecular flexibility index (Phi) is 5.44. The fourth-order valence-electron chi connectivity index (χ4n) is 1.28. The van der Waals surface area contributed by atoms with Gasteiger partial charge in [-0.2, -0.15) is 0 Å². The van der Waals surface area contributed by atoms with Crippen molar-refractivity contribution in [3.63, 3.8) is 0 Å². The molecule has 1 aromatic rings. The molecular formula is C12H17BrN2O2. The van der Waals surface area contributed by atoms with Gasteiger partial charge in [0.2, 0.25) is 5.91 Å². The van der Waals surface area contributed by atoms with E-state index in [1.54, 1.807) is 6.92 Å². The monoisotopic (exact) mass is 300 g/mol. The Labute approximate surface area is 109 Å². The van der Waals surface area contributed by atoms with Crippen molar-refractivity contribution in [2.75, 3.05) is 13.2 Å². The highest BCUT2D eigenvalue weighted by atomic mass is 79.9. The maximum atomic E-state index is 10.9. The molecule has 17 heavy (non-hydrogen) atoms. The maximum absolute atomic E-state index is 10.9. The van der Waals surface area contributed by atoms with Crippen molar-refractivity contribution in [2.45, 2.75) is 13.3 Å². The van der Waals surface area contributed by atoms with Crippen LogP contribution >= 0.6 is 15.9 Å². The van der Waals surface area contributed by atoms with Gasteiger partial charge in [0.1, 0.15) is 5.75 Å². The molecule has 0 radical (unpaired) electrons. The van der Waals surface area contributed by atoms with Gasteiger partial charge in [-0.15, -0.1) is 0 Å². The van der Waals surface area contributed by atoms with Gasteiger partial charge in [-0.1, -0.05) is 13.0 Å². The second-order valence-electron chi connectivity index (χ2n) is 3.92. The van der Waals surface area contributed by atoms with Crippen LogP contribution in [0.5, 0.6) is 5.75 Å². The summed E-state index contributed by atoms with van der Waals surface area (Å²) in [5.41, 5.74) is 11.8. The lowest BCUT2D eigenvalue weighted by atomic mass is 10.1. The number of rotatable bonds is 6. The number of amides is 1. The van der Waals surface area contributed by atoms with Crippen LogP contribution in [0, 0.1) is 5.92 Å². The van der Waals surface area contributed by atoms with E-state index in [1.807, 2.05) is 18.2 Å². The molecule has 1 aromatic carbocycles. The summed E-state index contributed by atoms with van der Waals surface area (Å²) in [6, 6.07) is 5.79. The molecule has 4 N–H and O–H groups in total. The molecule has 0 bridgehead atoms. The Morgan fingerprint density at radius 3 is 2.76 bits per heavy atom. The predicted molar refractivity (Wildman–Crippen MR) is 70.8 cm³/mol. The Bertz CT molecular complexity index is 396. The minimum absolute atomic E-state index is 0.282. The van der Waals surface area contributed by atoms with E-state index in [2.05, 4.69) is 15.9 Å². The molecule has 4 nitrogen and oxygen atoms in total. The predicted octanol–water partition coefficient (Wildman–Crippen LogP) is 1.45. The van der Waals surface area contributed by atoms with E-state index in [1.165, 1.54) is 0 Å². The number of halogens is 1. The number of benzene rings is 1. The van der Waals surface area contributed by atoms with E-state index in [0.29, 0.717) is 12.3 Å². The molecule has 1 amide bonds. The van der Waals surface area contributed by atoms with Crippen LogP contribution in [0.25, 0.3) is 0 Å². The van der Waals surface area contributed by atoms with Crippen LogP contribution in [0.15, 0.2) is 22.7 Å². The van der Waals surface area contributed by atoms with Gasteiger partial charge in [0.05, 0.1) is 17.0 Å². The smallest absolute Gasteiger partial charge is 0.223 e. The normalized spacial score (nSPS) is 12.2. The minimum Gasteiger partial charge on any atom is -0.492 e. The number of hydrogen-bond acceptors (Lipinski definition) is 3. The summed E-state index contributed by atoms with van der Waals surface area (Å²) in [4.78, 5) is 10.9. The van der Waals surface area contributed by atoms with E-state index in [9.17, 15) is 4.79 Å². The lowest BCUT2D eigenvalue weighted by Gasteiger charge is -2.12. The van der Waals surface area contributed by atoms with Gasteiger partial charge in [-0.25, -0.2) is 0 Å². The first-order chi connectivity index (χ1) is 8.04. The molecule has 0 aliphatic heterocycles. The Hall–Kier alpha value is -1.07. The third kappa shape index (κ3) is 4.36. The second kappa shape index (κ2) is 6.61. The fraction of sp³-hybridized carbons (Fsp3) is 0.417. The first kappa shape index (κ1) is 14.0. The van der Waals surface area contributed by atoms with Gasteiger partial charge in [-0.3, -0.25) is 4.79 Å². The summed E-state index contributed by atoms with van der Waals surface area (Å²) in [7, 11) is 0. The summed E-state index contributed by atoms with van der Waals surface area (Å²) in [6.07, 6.45) is 0.830. The van der Waals surface area contributed by atoms with Gasteiger partial charge >= 0.3 is 0 Å². The maximum Gasteiger partial charge on any atom is 0.223 e. The summed E-state index contributed by atoms with van der Waals surface area (Å²) >= 11 is 3.42. The van der Waals surface area contributed by atoms with Crippen molar-refractivity contribution in [3.8, 4) is 5.75 Å². The average molecular weight is 301 g/mol. The molecule has 0 fully saturated rings. The van der Waals surface area contributed by atoms with E-state index >= 15 is 0 Å². The number of carbonyl (C=O) groups excluding carboxylic acids is 1. The molecule has 1 atom stereocenters. The highest BCUT2D eigenvalue weighted by molar-refractivity contribution is 9.10. The van der Waals surface area contributed by atoms with Crippen LogP contribution < -0.4 is 16.2 Å². The van der Waals surface area contributed by atoms with Crippen LogP contribution in [0.2, 0.25) is 0 Å². The summed E-state index contributed by atoms with van der Waals surface area (Å²) in [5, 5.41) is 0. The van der Waals surface area contributed by atoms with Crippen molar-refractivity contribution < 1.29 is 9.53 Å². The van der Waals surface area contributed by atoms with Crippen LogP contribution in [0.1, 0.15) is 12.5 Å². The van der Waals surface area contributed by atoms with Crippen LogP contribution in [-0.4, -0.2) is 19.1 Å². The standard InChI is InChI=1S/C12H17BrN2O2/c1-8(12(15)16)7-17-11-3-2-9(4-5-14)6-10(11)13/h2-3,6,8H,4-5,7,14H2,1H3,(H2,15,16). The third-order valence-corrected chi connectivity index (χ3v) is 3.02. The van der Waals surface area contributed by atoms with Crippen molar-refractivity contribution >= 4 is 21.8 Å². The molecule has 0 aliphatic carbocycles. The highest BCUT2D eigenvalue weighted by Gasteiger charge is 2.10.